The molecule has 0 saturated carbocycles. The maximum absolute atomic E-state index is 9.05. The summed E-state index contributed by atoms with van der Waals surface area (Å²) in [5, 5.41) is 10.4. The molecule has 0 saturated heterocycles. The molecule has 1 aromatic heterocycles. The van der Waals surface area contributed by atoms with Gasteiger partial charge in [0.25, 0.3) is 0 Å². The molecule has 0 aliphatic rings. The van der Waals surface area contributed by atoms with Gasteiger partial charge in [0, 0.05) is 29.7 Å². The predicted molar refractivity (Wildman–Crippen MR) is 81.8 cm³/mol. The number of aryl methyl sites for hydroxylation is 1. The number of benzene rings is 1. The first-order valence-electron chi connectivity index (χ1n) is 7.28. The third-order valence-electron chi connectivity index (χ3n) is 3.77. The van der Waals surface area contributed by atoms with Gasteiger partial charge in [0.1, 0.15) is 0 Å². The number of fused-ring (bicyclic) bond motifs is 1. The smallest absolute Gasteiger partial charge is 0.0485 e. The van der Waals surface area contributed by atoms with Crippen LogP contribution >= 0.6 is 0 Å². The van der Waals surface area contributed by atoms with Crippen LogP contribution in [0, 0.1) is 0 Å². The van der Waals surface area contributed by atoms with Gasteiger partial charge >= 0.3 is 0 Å². The van der Waals surface area contributed by atoms with Crippen molar-refractivity contribution in [2.24, 2.45) is 0 Å². The first-order valence-corrected chi connectivity index (χ1v) is 7.28. The minimum atomic E-state index is 0.262. The van der Waals surface area contributed by atoms with Crippen molar-refractivity contribution in [2.45, 2.75) is 52.5 Å². The molecule has 1 aromatic carbocycles. The van der Waals surface area contributed by atoms with E-state index in [4.69, 9.17) is 5.11 Å². The van der Waals surface area contributed by atoms with Crippen LogP contribution in [0.15, 0.2) is 24.4 Å². The summed E-state index contributed by atoms with van der Waals surface area (Å²) in [5.41, 5.74) is 4.06. The van der Waals surface area contributed by atoms with Crippen molar-refractivity contribution in [2.75, 3.05) is 6.61 Å². The van der Waals surface area contributed by atoms with Crippen LogP contribution in [0.4, 0.5) is 0 Å². The van der Waals surface area contributed by atoms with Gasteiger partial charge in [0.05, 0.1) is 0 Å². The van der Waals surface area contributed by atoms with Crippen molar-refractivity contribution < 1.29 is 5.11 Å². The molecule has 0 fully saturated rings. The molecule has 2 rings (SSSR count). The fourth-order valence-electron chi connectivity index (χ4n) is 2.60. The highest BCUT2D eigenvalue weighted by Crippen LogP contribution is 2.29. The lowest BCUT2D eigenvalue weighted by Gasteiger charge is -2.10. The minimum absolute atomic E-state index is 0.262. The maximum atomic E-state index is 9.05. The summed E-state index contributed by atoms with van der Waals surface area (Å²) in [7, 11) is 0. The number of hydrogen-bond donors (Lipinski definition) is 1. The first-order chi connectivity index (χ1) is 9.04. The van der Waals surface area contributed by atoms with Crippen LogP contribution in [0.5, 0.6) is 0 Å². The standard InChI is InChI=1S/C17H25NO/c1-12(2)14-7-8-17-16(10-14)15(6-5-9-19)11-18(17)13(3)4/h7-8,10-13,19H,5-6,9H2,1-4H3. The van der Waals surface area contributed by atoms with Gasteiger partial charge in [-0.15, -0.1) is 0 Å². The molecule has 1 N–H and O–H groups in total. The van der Waals surface area contributed by atoms with E-state index in [-0.39, 0.29) is 6.61 Å². The Hall–Kier alpha value is -1.28. The van der Waals surface area contributed by atoms with Crippen molar-refractivity contribution in [3.05, 3.63) is 35.5 Å². The fraction of sp³-hybridized carbons (Fsp3) is 0.529. The first kappa shape index (κ1) is 14.1. The van der Waals surface area contributed by atoms with Gasteiger partial charge in [0.15, 0.2) is 0 Å². The van der Waals surface area contributed by atoms with Crippen molar-refractivity contribution in [1.82, 2.24) is 4.57 Å². The highest BCUT2D eigenvalue weighted by atomic mass is 16.2. The summed E-state index contributed by atoms with van der Waals surface area (Å²) in [5.74, 6) is 0.553. The zero-order valence-corrected chi connectivity index (χ0v) is 12.5. The largest absolute Gasteiger partial charge is 0.396 e. The topological polar surface area (TPSA) is 25.2 Å². The highest BCUT2D eigenvalue weighted by molar-refractivity contribution is 5.85. The Morgan fingerprint density at radius 3 is 2.47 bits per heavy atom. The summed E-state index contributed by atoms with van der Waals surface area (Å²) in [6.45, 7) is 9.15. The van der Waals surface area contributed by atoms with Gasteiger partial charge in [-0.25, -0.2) is 0 Å². The molecule has 2 nitrogen and oxygen atoms in total. The molecule has 0 spiro atoms. The molecule has 0 atom stereocenters. The van der Waals surface area contributed by atoms with E-state index >= 15 is 0 Å². The Labute approximate surface area is 116 Å². The van der Waals surface area contributed by atoms with E-state index in [1.165, 1.54) is 22.0 Å². The van der Waals surface area contributed by atoms with Crippen LogP contribution in [-0.2, 0) is 6.42 Å². The van der Waals surface area contributed by atoms with Crippen LogP contribution in [0.3, 0.4) is 0 Å². The number of nitrogens with zero attached hydrogens (tertiary/aromatic N) is 1. The SMILES string of the molecule is CC(C)c1ccc2c(c1)c(CCCO)cn2C(C)C. The lowest BCUT2D eigenvalue weighted by molar-refractivity contribution is 0.288. The predicted octanol–water partition coefficient (Wildman–Crippen LogP) is 4.27. The number of aromatic nitrogens is 1. The molecule has 0 bridgehead atoms. The van der Waals surface area contributed by atoms with Gasteiger partial charge < -0.3 is 9.67 Å². The minimum Gasteiger partial charge on any atom is -0.396 e. The molecule has 0 unspecified atom stereocenters. The Balaban J connectivity index is 2.55. The number of rotatable bonds is 5. The normalized spacial score (nSPS) is 11.9. The molecule has 2 heteroatoms. The van der Waals surface area contributed by atoms with E-state index in [1.807, 2.05) is 0 Å². The second-order valence-corrected chi connectivity index (χ2v) is 5.91. The Bertz CT molecular complexity index is 552. The van der Waals surface area contributed by atoms with Gasteiger partial charge in [0.2, 0.25) is 0 Å². The van der Waals surface area contributed by atoms with E-state index in [1.54, 1.807) is 0 Å². The van der Waals surface area contributed by atoms with E-state index in [2.05, 4.69) is 56.7 Å². The third-order valence-corrected chi connectivity index (χ3v) is 3.77. The second-order valence-electron chi connectivity index (χ2n) is 5.91. The molecule has 0 aliphatic heterocycles. The van der Waals surface area contributed by atoms with E-state index in [0.717, 1.165) is 12.8 Å². The summed E-state index contributed by atoms with van der Waals surface area (Å²) in [4.78, 5) is 0. The van der Waals surface area contributed by atoms with Gasteiger partial charge in [-0.1, -0.05) is 19.9 Å². The van der Waals surface area contributed by atoms with Gasteiger partial charge in [-0.2, -0.15) is 0 Å². The molecular weight excluding hydrogens is 234 g/mol. The average Bonchev–Trinajstić information content (AvgIpc) is 2.74. The molecular formula is C17H25NO. The maximum Gasteiger partial charge on any atom is 0.0485 e. The lowest BCUT2D eigenvalue weighted by Crippen LogP contribution is -1.98. The summed E-state index contributed by atoms with van der Waals surface area (Å²) >= 11 is 0. The zero-order valence-electron chi connectivity index (χ0n) is 12.5. The van der Waals surface area contributed by atoms with E-state index in [0.29, 0.717) is 12.0 Å². The zero-order chi connectivity index (χ0) is 14.0. The molecule has 104 valence electrons. The van der Waals surface area contributed by atoms with E-state index in [9.17, 15) is 0 Å². The van der Waals surface area contributed by atoms with Crippen LogP contribution in [0.2, 0.25) is 0 Å². The summed E-state index contributed by atoms with van der Waals surface area (Å²) < 4.78 is 2.34. The third kappa shape index (κ3) is 2.84. The molecule has 0 aliphatic carbocycles. The van der Waals surface area contributed by atoms with E-state index < -0.39 is 0 Å². The molecule has 0 amide bonds. The summed E-state index contributed by atoms with van der Waals surface area (Å²) in [6.07, 6.45) is 4.05. The van der Waals surface area contributed by atoms with Crippen LogP contribution in [0.25, 0.3) is 10.9 Å². The molecule has 1 heterocycles. The monoisotopic (exact) mass is 259 g/mol. The van der Waals surface area contributed by atoms with Crippen molar-refractivity contribution >= 4 is 10.9 Å². The molecule has 19 heavy (non-hydrogen) atoms. The van der Waals surface area contributed by atoms with Crippen molar-refractivity contribution in [3.63, 3.8) is 0 Å². The quantitative estimate of drug-likeness (QED) is 0.852. The summed E-state index contributed by atoms with van der Waals surface area (Å²) in [6, 6.07) is 7.27. The van der Waals surface area contributed by atoms with Crippen molar-refractivity contribution in [3.8, 4) is 0 Å². The second kappa shape index (κ2) is 5.79. The van der Waals surface area contributed by atoms with Crippen molar-refractivity contribution in [1.29, 1.82) is 0 Å². The van der Waals surface area contributed by atoms with Crippen LogP contribution < -0.4 is 0 Å². The molecule has 0 radical (unpaired) electrons. The number of aliphatic hydroxyl groups excluding tert-OH is 1. The van der Waals surface area contributed by atoms with Gasteiger partial charge in [-0.05, 0) is 55.9 Å². The fourth-order valence-corrected chi connectivity index (χ4v) is 2.60. The van der Waals surface area contributed by atoms with Crippen LogP contribution in [0.1, 0.15) is 57.2 Å². The molecule has 2 aromatic rings. The highest BCUT2D eigenvalue weighted by Gasteiger charge is 2.11. The number of aliphatic hydroxyl groups is 1. The van der Waals surface area contributed by atoms with Gasteiger partial charge in [-0.3, -0.25) is 0 Å². The lowest BCUT2D eigenvalue weighted by atomic mass is 9.99. The Morgan fingerprint density at radius 1 is 1.16 bits per heavy atom. The Morgan fingerprint density at radius 2 is 1.89 bits per heavy atom. The van der Waals surface area contributed by atoms with Crippen LogP contribution in [-0.4, -0.2) is 16.3 Å². The Kier molecular flexibility index (Phi) is 4.31. The average molecular weight is 259 g/mol. The number of hydrogen-bond acceptors (Lipinski definition) is 1.